The molecule has 4 nitrogen and oxygen atoms in total. The number of benzene rings is 1. The van der Waals surface area contributed by atoms with E-state index in [0.717, 1.165) is 12.2 Å². The molecular formula is C14H18N2O2. The van der Waals surface area contributed by atoms with Crippen molar-refractivity contribution in [2.45, 2.75) is 26.3 Å². The summed E-state index contributed by atoms with van der Waals surface area (Å²) < 4.78 is 0. The summed E-state index contributed by atoms with van der Waals surface area (Å²) >= 11 is 0. The molecule has 96 valence electrons. The van der Waals surface area contributed by atoms with Gasteiger partial charge in [-0.3, -0.25) is 9.59 Å². The molecule has 1 atom stereocenters. The molecule has 4 heteroatoms. The minimum atomic E-state index is 0.0415. The van der Waals surface area contributed by atoms with Gasteiger partial charge in [-0.25, -0.2) is 0 Å². The van der Waals surface area contributed by atoms with E-state index >= 15 is 0 Å². The SMILES string of the molecule is CCNC1CC(=O)N(c2ccc(C(C)=O)cc2)C1. The average Bonchev–Trinajstić information content (AvgIpc) is 2.71. The van der Waals surface area contributed by atoms with Crippen molar-refractivity contribution in [3.8, 4) is 0 Å². The lowest BCUT2D eigenvalue weighted by Crippen LogP contribution is -2.32. The van der Waals surface area contributed by atoms with Crippen LogP contribution in [0.3, 0.4) is 0 Å². The third kappa shape index (κ3) is 2.59. The second kappa shape index (κ2) is 5.31. The Morgan fingerprint density at radius 1 is 1.39 bits per heavy atom. The minimum Gasteiger partial charge on any atom is -0.312 e. The van der Waals surface area contributed by atoms with Crippen molar-refractivity contribution in [3.05, 3.63) is 29.8 Å². The first kappa shape index (κ1) is 12.8. The van der Waals surface area contributed by atoms with Crippen molar-refractivity contribution in [1.82, 2.24) is 5.32 Å². The van der Waals surface area contributed by atoms with Gasteiger partial charge in [-0.2, -0.15) is 0 Å². The van der Waals surface area contributed by atoms with E-state index in [1.54, 1.807) is 17.0 Å². The smallest absolute Gasteiger partial charge is 0.228 e. The molecule has 0 bridgehead atoms. The fraction of sp³-hybridized carbons (Fsp3) is 0.429. The number of nitrogens with zero attached hydrogens (tertiary/aromatic N) is 1. The Balaban J connectivity index is 2.12. The van der Waals surface area contributed by atoms with Crippen LogP contribution in [-0.4, -0.2) is 30.8 Å². The van der Waals surface area contributed by atoms with Crippen LogP contribution in [0, 0.1) is 0 Å². The molecule has 1 fully saturated rings. The first-order valence-corrected chi connectivity index (χ1v) is 6.26. The third-order valence-corrected chi connectivity index (χ3v) is 3.20. The van der Waals surface area contributed by atoms with E-state index < -0.39 is 0 Å². The van der Waals surface area contributed by atoms with E-state index in [2.05, 4.69) is 5.32 Å². The fourth-order valence-electron chi connectivity index (χ4n) is 2.26. The lowest BCUT2D eigenvalue weighted by atomic mass is 10.1. The van der Waals surface area contributed by atoms with Crippen LogP contribution in [0.15, 0.2) is 24.3 Å². The number of nitrogens with one attached hydrogen (secondary N) is 1. The predicted molar refractivity (Wildman–Crippen MR) is 70.9 cm³/mol. The van der Waals surface area contributed by atoms with Crippen molar-refractivity contribution in [2.75, 3.05) is 18.0 Å². The third-order valence-electron chi connectivity index (χ3n) is 3.20. The summed E-state index contributed by atoms with van der Waals surface area (Å²) in [7, 11) is 0. The molecule has 0 spiro atoms. The van der Waals surface area contributed by atoms with E-state index in [4.69, 9.17) is 0 Å². The maximum Gasteiger partial charge on any atom is 0.228 e. The topological polar surface area (TPSA) is 49.4 Å². The number of amides is 1. The highest BCUT2D eigenvalue weighted by Gasteiger charge is 2.29. The summed E-state index contributed by atoms with van der Waals surface area (Å²) in [5.74, 6) is 0.177. The van der Waals surface area contributed by atoms with Gasteiger partial charge in [-0.1, -0.05) is 6.92 Å². The first-order chi connectivity index (χ1) is 8.61. The molecule has 1 aromatic carbocycles. The fourth-order valence-corrected chi connectivity index (χ4v) is 2.26. The minimum absolute atomic E-state index is 0.0415. The van der Waals surface area contributed by atoms with Crippen LogP contribution >= 0.6 is 0 Å². The molecule has 1 aliphatic heterocycles. The lowest BCUT2D eigenvalue weighted by Gasteiger charge is -2.17. The number of anilines is 1. The molecule has 1 heterocycles. The Morgan fingerprint density at radius 2 is 2.06 bits per heavy atom. The number of likely N-dealkylation sites (N-methyl/N-ethyl adjacent to an activating group) is 1. The van der Waals surface area contributed by atoms with Crippen LogP contribution in [0.25, 0.3) is 0 Å². The number of rotatable bonds is 4. The Hall–Kier alpha value is -1.68. The number of Topliss-reactive ketones (excluding diaryl/α,β-unsaturated/α-hetero) is 1. The molecule has 1 saturated heterocycles. The highest BCUT2D eigenvalue weighted by Crippen LogP contribution is 2.22. The van der Waals surface area contributed by atoms with Crippen LogP contribution < -0.4 is 10.2 Å². The number of ketones is 1. The molecular weight excluding hydrogens is 228 g/mol. The molecule has 0 radical (unpaired) electrons. The van der Waals surface area contributed by atoms with Gasteiger partial charge in [0.25, 0.3) is 0 Å². The molecule has 0 aliphatic carbocycles. The van der Waals surface area contributed by atoms with Gasteiger partial charge in [0.2, 0.25) is 5.91 Å². The maximum absolute atomic E-state index is 11.9. The molecule has 18 heavy (non-hydrogen) atoms. The van der Waals surface area contributed by atoms with Crippen molar-refractivity contribution in [2.24, 2.45) is 0 Å². The van der Waals surface area contributed by atoms with E-state index in [9.17, 15) is 9.59 Å². The molecule has 2 rings (SSSR count). The van der Waals surface area contributed by atoms with Gasteiger partial charge >= 0.3 is 0 Å². The zero-order valence-electron chi connectivity index (χ0n) is 10.8. The average molecular weight is 246 g/mol. The monoisotopic (exact) mass is 246 g/mol. The highest BCUT2D eigenvalue weighted by molar-refractivity contribution is 5.98. The zero-order valence-corrected chi connectivity index (χ0v) is 10.8. The van der Waals surface area contributed by atoms with Gasteiger partial charge < -0.3 is 10.2 Å². The molecule has 0 saturated carbocycles. The van der Waals surface area contributed by atoms with Gasteiger partial charge in [-0.05, 0) is 37.7 Å². The van der Waals surface area contributed by atoms with E-state index in [1.807, 2.05) is 19.1 Å². The van der Waals surface area contributed by atoms with Gasteiger partial charge in [0.05, 0.1) is 0 Å². The summed E-state index contributed by atoms with van der Waals surface area (Å²) in [6.07, 6.45) is 0.544. The second-order valence-corrected chi connectivity index (χ2v) is 4.57. The number of carbonyl (C=O) groups is 2. The van der Waals surface area contributed by atoms with Crippen molar-refractivity contribution in [3.63, 3.8) is 0 Å². The van der Waals surface area contributed by atoms with Gasteiger partial charge in [-0.15, -0.1) is 0 Å². The van der Waals surface area contributed by atoms with Gasteiger partial charge in [0, 0.05) is 30.3 Å². The van der Waals surface area contributed by atoms with Crippen LogP contribution in [0.2, 0.25) is 0 Å². The Morgan fingerprint density at radius 3 is 2.61 bits per heavy atom. The molecule has 1 N–H and O–H groups in total. The number of hydrogen-bond acceptors (Lipinski definition) is 3. The summed E-state index contributed by atoms with van der Waals surface area (Å²) in [6, 6.07) is 7.44. The van der Waals surface area contributed by atoms with Crippen LogP contribution in [-0.2, 0) is 4.79 Å². The Bertz CT molecular complexity index is 453. The van der Waals surface area contributed by atoms with E-state index in [0.29, 0.717) is 18.5 Å². The van der Waals surface area contributed by atoms with E-state index in [1.165, 1.54) is 6.92 Å². The lowest BCUT2D eigenvalue weighted by molar-refractivity contribution is -0.117. The van der Waals surface area contributed by atoms with E-state index in [-0.39, 0.29) is 17.7 Å². The van der Waals surface area contributed by atoms with Gasteiger partial charge in [0.15, 0.2) is 5.78 Å². The normalized spacial score (nSPS) is 19.3. The first-order valence-electron chi connectivity index (χ1n) is 6.26. The highest BCUT2D eigenvalue weighted by atomic mass is 16.2. The Kier molecular flexibility index (Phi) is 3.77. The summed E-state index contributed by atoms with van der Waals surface area (Å²) in [5.41, 5.74) is 1.54. The largest absolute Gasteiger partial charge is 0.312 e. The molecule has 1 unspecified atom stereocenters. The number of hydrogen-bond donors (Lipinski definition) is 1. The standard InChI is InChI=1S/C14H18N2O2/c1-3-15-12-8-14(18)16(9-12)13-6-4-11(5-7-13)10(2)17/h4-7,12,15H,3,8-9H2,1-2H3. The molecule has 1 aromatic rings. The summed E-state index contributed by atoms with van der Waals surface area (Å²) in [6.45, 7) is 5.15. The van der Waals surface area contributed by atoms with Crippen molar-refractivity contribution < 1.29 is 9.59 Å². The van der Waals surface area contributed by atoms with Crippen LogP contribution in [0.1, 0.15) is 30.6 Å². The van der Waals surface area contributed by atoms with Crippen LogP contribution in [0.4, 0.5) is 5.69 Å². The van der Waals surface area contributed by atoms with Crippen molar-refractivity contribution >= 4 is 17.4 Å². The number of carbonyl (C=O) groups excluding carboxylic acids is 2. The quantitative estimate of drug-likeness (QED) is 0.821. The maximum atomic E-state index is 11.9. The molecule has 0 aromatic heterocycles. The summed E-state index contributed by atoms with van der Waals surface area (Å²) in [5, 5.41) is 3.29. The van der Waals surface area contributed by atoms with Crippen LogP contribution in [0.5, 0.6) is 0 Å². The second-order valence-electron chi connectivity index (χ2n) is 4.57. The predicted octanol–water partition coefficient (Wildman–Crippen LogP) is 1.60. The van der Waals surface area contributed by atoms with Crippen molar-refractivity contribution in [1.29, 1.82) is 0 Å². The molecule has 1 aliphatic rings. The zero-order chi connectivity index (χ0) is 13.1. The van der Waals surface area contributed by atoms with Gasteiger partial charge in [0.1, 0.15) is 0 Å². The molecule has 1 amide bonds. The summed E-state index contributed by atoms with van der Waals surface area (Å²) in [4.78, 5) is 24.9. The Labute approximate surface area is 107 Å².